The minimum absolute atomic E-state index is 0.0122. The summed E-state index contributed by atoms with van der Waals surface area (Å²) < 4.78 is 38.2. The predicted molar refractivity (Wildman–Crippen MR) is 108 cm³/mol. The van der Waals surface area contributed by atoms with E-state index in [-0.39, 0.29) is 23.6 Å². The zero-order chi connectivity index (χ0) is 20.6. The SMILES string of the molecule is CCNC(=O)c1cc(S(=O)(=O)NCCOc2ccc(CC)cc2)ccc1OC. The Morgan fingerprint density at radius 3 is 2.39 bits per heavy atom. The van der Waals surface area contributed by atoms with Gasteiger partial charge in [-0.15, -0.1) is 0 Å². The van der Waals surface area contributed by atoms with Gasteiger partial charge in [-0.1, -0.05) is 19.1 Å². The van der Waals surface area contributed by atoms with Gasteiger partial charge < -0.3 is 14.8 Å². The average molecular weight is 407 g/mol. The Hall–Kier alpha value is -2.58. The number of hydrogen-bond acceptors (Lipinski definition) is 5. The number of sulfonamides is 1. The topological polar surface area (TPSA) is 93.7 Å². The summed E-state index contributed by atoms with van der Waals surface area (Å²) in [7, 11) is -2.36. The highest BCUT2D eigenvalue weighted by Gasteiger charge is 2.19. The van der Waals surface area contributed by atoms with E-state index in [9.17, 15) is 13.2 Å². The molecule has 0 aromatic heterocycles. The maximum Gasteiger partial charge on any atom is 0.255 e. The van der Waals surface area contributed by atoms with E-state index < -0.39 is 15.9 Å². The van der Waals surface area contributed by atoms with E-state index >= 15 is 0 Å². The Kier molecular flexibility index (Phi) is 7.83. The summed E-state index contributed by atoms with van der Waals surface area (Å²) in [6, 6.07) is 11.8. The van der Waals surface area contributed by atoms with Crippen LogP contribution in [0.3, 0.4) is 0 Å². The van der Waals surface area contributed by atoms with Crippen LogP contribution in [-0.4, -0.2) is 41.1 Å². The fraction of sp³-hybridized carbons (Fsp3) is 0.350. The molecule has 0 saturated heterocycles. The highest BCUT2D eigenvalue weighted by atomic mass is 32.2. The van der Waals surface area contributed by atoms with Gasteiger partial charge in [0.1, 0.15) is 18.1 Å². The molecule has 152 valence electrons. The first-order chi connectivity index (χ1) is 13.4. The van der Waals surface area contributed by atoms with Crippen LogP contribution in [0.1, 0.15) is 29.8 Å². The van der Waals surface area contributed by atoms with E-state index in [0.717, 1.165) is 6.42 Å². The number of benzene rings is 2. The summed E-state index contributed by atoms with van der Waals surface area (Å²) in [4.78, 5) is 12.1. The highest BCUT2D eigenvalue weighted by molar-refractivity contribution is 7.89. The largest absolute Gasteiger partial charge is 0.496 e. The monoisotopic (exact) mass is 406 g/mol. The molecule has 8 heteroatoms. The number of hydrogen-bond donors (Lipinski definition) is 2. The molecule has 0 spiro atoms. The average Bonchev–Trinajstić information content (AvgIpc) is 2.71. The van der Waals surface area contributed by atoms with Crippen molar-refractivity contribution in [2.75, 3.05) is 26.8 Å². The van der Waals surface area contributed by atoms with Gasteiger partial charge in [-0.05, 0) is 49.2 Å². The zero-order valence-corrected chi connectivity index (χ0v) is 17.1. The minimum Gasteiger partial charge on any atom is -0.496 e. The molecule has 0 aliphatic heterocycles. The molecule has 0 radical (unpaired) electrons. The standard InChI is InChI=1S/C20H26N2O5S/c1-4-15-6-8-16(9-7-15)27-13-12-22-28(24,25)17-10-11-19(26-3)18(14-17)20(23)21-5-2/h6-11,14,22H,4-5,12-13H2,1-3H3,(H,21,23). The van der Waals surface area contributed by atoms with E-state index in [4.69, 9.17) is 9.47 Å². The van der Waals surface area contributed by atoms with E-state index in [1.54, 1.807) is 6.92 Å². The summed E-state index contributed by atoms with van der Waals surface area (Å²) in [5, 5.41) is 2.64. The van der Waals surface area contributed by atoms with E-state index in [0.29, 0.717) is 18.0 Å². The zero-order valence-electron chi connectivity index (χ0n) is 16.3. The molecule has 2 aromatic rings. The van der Waals surface area contributed by atoms with Gasteiger partial charge in [0.2, 0.25) is 10.0 Å². The molecule has 1 amide bonds. The molecule has 0 aliphatic carbocycles. The smallest absolute Gasteiger partial charge is 0.255 e. The molecule has 0 unspecified atom stereocenters. The summed E-state index contributed by atoms with van der Waals surface area (Å²) in [6.07, 6.45) is 0.945. The third-order valence-electron chi connectivity index (χ3n) is 4.06. The second-order valence-electron chi connectivity index (χ2n) is 5.97. The molecule has 0 aliphatic rings. The number of carbonyl (C=O) groups is 1. The van der Waals surface area contributed by atoms with Crippen molar-refractivity contribution in [3.8, 4) is 11.5 Å². The molecule has 0 saturated carbocycles. The van der Waals surface area contributed by atoms with E-state index in [1.807, 2.05) is 24.3 Å². The Bertz CT molecular complexity index is 895. The minimum atomic E-state index is -3.79. The van der Waals surface area contributed by atoms with Crippen LogP contribution < -0.4 is 19.5 Å². The maximum atomic E-state index is 12.5. The van der Waals surface area contributed by atoms with Crippen LogP contribution in [0.2, 0.25) is 0 Å². The summed E-state index contributed by atoms with van der Waals surface area (Å²) in [5.74, 6) is 0.596. The molecular weight excluding hydrogens is 380 g/mol. The molecule has 0 bridgehead atoms. The van der Waals surface area contributed by atoms with Gasteiger partial charge in [0.25, 0.3) is 5.91 Å². The summed E-state index contributed by atoms with van der Waals surface area (Å²) in [6.45, 7) is 4.56. The van der Waals surface area contributed by atoms with Crippen LogP contribution >= 0.6 is 0 Å². The Balaban J connectivity index is 2.01. The van der Waals surface area contributed by atoms with Gasteiger partial charge in [-0.3, -0.25) is 4.79 Å². The van der Waals surface area contributed by atoms with Crippen molar-refractivity contribution in [2.45, 2.75) is 25.2 Å². The number of nitrogens with one attached hydrogen (secondary N) is 2. The second-order valence-corrected chi connectivity index (χ2v) is 7.73. The molecule has 0 fully saturated rings. The first kappa shape index (κ1) is 21.7. The van der Waals surface area contributed by atoms with Crippen LogP contribution in [-0.2, 0) is 16.4 Å². The molecule has 0 heterocycles. The quantitative estimate of drug-likeness (QED) is 0.591. The van der Waals surface area contributed by atoms with Crippen molar-refractivity contribution < 1.29 is 22.7 Å². The van der Waals surface area contributed by atoms with Crippen molar-refractivity contribution in [3.63, 3.8) is 0 Å². The van der Waals surface area contributed by atoms with Crippen LogP contribution in [0.15, 0.2) is 47.4 Å². The van der Waals surface area contributed by atoms with Gasteiger partial charge in [0.15, 0.2) is 0 Å². The van der Waals surface area contributed by atoms with Gasteiger partial charge in [-0.25, -0.2) is 13.1 Å². The lowest BCUT2D eigenvalue weighted by atomic mass is 10.2. The molecule has 0 atom stereocenters. The van der Waals surface area contributed by atoms with Crippen molar-refractivity contribution in [2.24, 2.45) is 0 Å². The van der Waals surface area contributed by atoms with Crippen molar-refractivity contribution in [1.29, 1.82) is 0 Å². The second kappa shape index (κ2) is 10.1. The fourth-order valence-corrected chi connectivity index (χ4v) is 3.58. The lowest BCUT2D eigenvalue weighted by Crippen LogP contribution is -2.29. The molecule has 2 rings (SSSR count). The molecule has 2 aromatic carbocycles. The molecular formula is C20H26N2O5S. The van der Waals surface area contributed by atoms with Crippen LogP contribution in [0, 0.1) is 0 Å². The number of amides is 1. The fourth-order valence-electron chi connectivity index (χ4n) is 2.54. The van der Waals surface area contributed by atoms with Crippen molar-refractivity contribution in [1.82, 2.24) is 10.0 Å². The third kappa shape index (κ3) is 5.71. The maximum absolute atomic E-state index is 12.5. The number of methoxy groups -OCH3 is 1. The predicted octanol–water partition coefficient (Wildman–Crippen LogP) is 2.36. The van der Waals surface area contributed by atoms with Crippen molar-refractivity contribution in [3.05, 3.63) is 53.6 Å². The Morgan fingerprint density at radius 1 is 1.07 bits per heavy atom. The van der Waals surface area contributed by atoms with Crippen LogP contribution in [0.4, 0.5) is 0 Å². The first-order valence-electron chi connectivity index (χ1n) is 9.09. The van der Waals surface area contributed by atoms with E-state index in [1.165, 1.54) is 30.9 Å². The van der Waals surface area contributed by atoms with E-state index in [2.05, 4.69) is 17.0 Å². The molecule has 28 heavy (non-hydrogen) atoms. The highest BCUT2D eigenvalue weighted by Crippen LogP contribution is 2.22. The lowest BCUT2D eigenvalue weighted by molar-refractivity contribution is 0.0952. The number of carbonyl (C=O) groups excluding carboxylic acids is 1. The first-order valence-corrected chi connectivity index (χ1v) is 10.6. The van der Waals surface area contributed by atoms with Gasteiger partial charge in [-0.2, -0.15) is 0 Å². The normalized spacial score (nSPS) is 11.1. The van der Waals surface area contributed by atoms with Gasteiger partial charge >= 0.3 is 0 Å². The molecule has 2 N–H and O–H groups in total. The van der Waals surface area contributed by atoms with Gasteiger partial charge in [0.05, 0.1) is 17.6 Å². The van der Waals surface area contributed by atoms with Crippen LogP contribution in [0.25, 0.3) is 0 Å². The summed E-state index contributed by atoms with van der Waals surface area (Å²) in [5.41, 5.74) is 1.37. The van der Waals surface area contributed by atoms with Crippen LogP contribution in [0.5, 0.6) is 11.5 Å². The Morgan fingerprint density at radius 2 is 1.79 bits per heavy atom. The van der Waals surface area contributed by atoms with Gasteiger partial charge in [0, 0.05) is 13.1 Å². The summed E-state index contributed by atoms with van der Waals surface area (Å²) >= 11 is 0. The number of rotatable bonds is 10. The number of aryl methyl sites for hydroxylation is 1. The Labute approximate surface area is 166 Å². The van der Waals surface area contributed by atoms with Crippen molar-refractivity contribution >= 4 is 15.9 Å². The molecule has 7 nitrogen and oxygen atoms in total. The lowest BCUT2D eigenvalue weighted by Gasteiger charge is -2.12. The third-order valence-corrected chi connectivity index (χ3v) is 5.52. The number of ether oxygens (including phenoxy) is 2.